The second-order valence-corrected chi connectivity index (χ2v) is 14.9. The van der Waals surface area contributed by atoms with E-state index < -0.39 is 33.4 Å². The van der Waals surface area contributed by atoms with Gasteiger partial charge in [-0.25, -0.2) is 22.2 Å². The van der Waals surface area contributed by atoms with Crippen LogP contribution in [-0.4, -0.2) is 75.9 Å². The highest BCUT2D eigenvalue weighted by atomic mass is 32.2. The van der Waals surface area contributed by atoms with Crippen LogP contribution < -0.4 is 4.90 Å². The summed E-state index contributed by atoms with van der Waals surface area (Å²) in [4.78, 5) is 25.0. The standard InChI is InChI=1S/C34H35F2N7O3S2/c1-17(2)27-29(19(4)10-11-37-27)43-32-22(14-24(36)28(39-32)26-18(3)8-9-25-23(26)15-38-40-25)30(31(34(43)47)48(7,45)46)42-13-12-41(16-20(42)5)33(44)21(6)35/h8-11,14-15,17,20H,6,12-13,16H2,1-5,7H3,(H,38,40)/t20-/m0/s1. The summed E-state index contributed by atoms with van der Waals surface area (Å²) < 4.78 is 59.6. The Kier molecular flexibility index (Phi) is 8.44. The molecule has 14 heteroatoms. The zero-order chi connectivity index (χ0) is 34.8. The lowest BCUT2D eigenvalue weighted by atomic mass is 9.99. The van der Waals surface area contributed by atoms with Crippen molar-refractivity contribution in [3.63, 3.8) is 0 Å². The monoisotopic (exact) mass is 691 g/mol. The predicted octanol–water partition coefficient (Wildman–Crippen LogP) is 6.50. The Balaban J connectivity index is 1.77. The van der Waals surface area contributed by atoms with Crippen LogP contribution in [0.2, 0.25) is 0 Å². The molecule has 0 saturated carbocycles. The highest BCUT2D eigenvalue weighted by molar-refractivity contribution is 7.91. The molecule has 0 bridgehead atoms. The van der Waals surface area contributed by atoms with Gasteiger partial charge in [0.05, 0.1) is 28.8 Å². The Morgan fingerprint density at radius 2 is 1.85 bits per heavy atom. The number of piperazine rings is 1. The topological polar surface area (TPSA) is 117 Å². The van der Waals surface area contributed by atoms with Gasteiger partial charge in [0.15, 0.2) is 15.7 Å². The highest BCUT2D eigenvalue weighted by Gasteiger charge is 2.35. The van der Waals surface area contributed by atoms with Gasteiger partial charge in [0.2, 0.25) is 0 Å². The number of sulfone groups is 1. The number of carbonyl (C=O) groups excluding carboxylic acids is 1. The van der Waals surface area contributed by atoms with Gasteiger partial charge in [0.25, 0.3) is 5.91 Å². The first-order chi connectivity index (χ1) is 22.6. The molecule has 6 rings (SSSR count). The maximum atomic E-state index is 16.7. The molecule has 1 aliphatic heterocycles. The maximum absolute atomic E-state index is 16.7. The molecule has 1 atom stereocenters. The van der Waals surface area contributed by atoms with E-state index in [9.17, 15) is 17.6 Å². The van der Waals surface area contributed by atoms with Gasteiger partial charge >= 0.3 is 0 Å². The van der Waals surface area contributed by atoms with Gasteiger partial charge in [-0.05, 0) is 56.0 Å². The predicted molar refractivity (Wildman–Crippen MR) is 185 cm³/mol. The molecule has 250 valence electrons. The molecule has 48 heavy (non-hydrogen) atoms. The van der Waals surface area contributed by atoms with Gasteiger partial charge < -0.3 is 9.80 Å². The molecule has 5 heterocycles. The van der Waals surface area contributed by atoms with Crippen LogP contribution in [-0.2, 0) is 14.6 Å². The summed E-state index contributed by atoms with van der Waals surface area (Å²) >= 11 is 6.09. The van der Waals surface area contributed by atoms with Crippen LogP contribution >= 0.6 is 12.2 Å². The Labute approximate surface area is 282 Å². The summed E-state index contributed by atoms with van der Waals surface area (Å²) in [6.07, 6.45) is 4.36. The van der Waals surface area contributed by atoms with E-state index in [1.165, 1.54) is 11.0 Å². The van der Waals surface area contributed by atoms with Crippen molar-refractivity contribution in [2.24, 2.45) is 0 Å². The summed E-state index contributed by atoms with van der Waals surface area (Å²) in [7, 11) is -4.06. The number of nitrogens with zero attached hydrogens (tertiary/aromatic N) is 6. The first-order valence-corrected chi connectivity index (χ1v) is 17.7. The summed E-state index contributed by atoms with van der Waals surface area (Å²) in [5, 5.41) is 7.96. The van der Waals surface area contributed by atoms with Crippen molar-refractivity contribution in [2.45, 2.75) is 51.5 Å². The van der Waals surface area contributed by atoms with E-state index in [1.807, 2.05) is 39.8 Å². The molecule has 0 aliphatic carbocycles. The summed E-state index contributed by atoms with van der Waals surface area (Å²) in [5.74, 6) is -2.68. The fourth-order valence-electron chi connectivity index (χ4n) is 6.62. The van der Waals surface area contributed by atoms with Crippen molar-refractivity contribution in [3.05, 3.63) is 76.3 Å². The quantitative estimate of drug-likeness (QED) is 0.159. The highest BCUT2D eigenvalue weighted by Crippen LogP contribution is 2.42. The molecule has 1 saturated heterocycles. The number of nitrogens with one attached hydrogen (secondary N) is 1. The number of H-pyrrole nitrogens is 1. The average Bonchev–Trinajstić information content (AvgIpc) is 3.49. The van der Waals surface area contributed by atoms with Crippen LogP contribution in [0.1, 0.15) is 43.5 Å². The lowest BCUT2D eigenvalue weighted by molar-refractivity contribution is -0.129. The van der Waals surface area contributed by atoms with Gasteiger partial charge in [-0.3, -0.25) is 19.4 Å². The number of hydrogen-bond acceptors (Lipinski definition) is 8. The number of pyridine rings is 3. The lowest BCUT2D eigenvalue weighted by Crippen LogP contribution is -2.54. The minimum atomic E-state index is -4.06. The summed E-state index contributed by atoms with van der Waals surface area (Å²) in [6, 6.07) is 6.31. The fraction of sp³-hybridized carbons (Fsp3) is 0.324. The van der Waals surface area contributed by atoms with E-state index in [1.54, 1.807) is 34.9 Å². The van der Waals surface area contributed by atoms with Crippen LogP contribution in [0.15, 0.2) is 54.0 Å². The molecule has 0 spiro atoms. The summed E-state index contributed by atoms with van der Waals surface area (Å²) in [6.45, 7) is 12.9. The van der Waals surface area contributed by atoms with Gasteiger partial charge in [-0.1, -0.05) is 38.7 Å². The lowest BCUT2D eigenvalue weighted by Gasteiger charge is -2.42. The van der Waals surface area contributed by atoms with Crippen molar-refractivity contribution < 1.29 is 22.0 Å². The summed E-state index contributed by atoms with van der Waals surface area (Å²) in [5.41, 5.74) is 4.44. The number of amides is 1. The van der Waals surface area contributed by atoms with Crippen molar-refractivity contribution >= 4 is 55.6 Å². The number of fused-ring (bicyclic) bond motifs is 2. The van der Waals surface area contributed by atoms with E-state index in [0.717, 1.165) is 17.4 Å². The number of carbonyl (C=O) groups is 1. The molecule has 1 fully saturated rings. The number of benzene rings is 1. The van der Waals surface area contributed by atoms with Gasteiger partial charge in [-0.2, -0.15) is 5.10 Å². The van der Waals surface area contributed by atoms with Crippen molar-refractivity contribution in [2.75, 3.05) is 30.8 Å². The molecular weight excluding hydrogens is 657 g/mol. The van der Waals surface area contributed by atoms with Gasteiger partial charge in [0, 0.05) is 54.5 Å². The largest absolute Gasteiger partial charge is 0.364 e. The van der Waals surface area contributed by atoms with Gasteiger partial charge in [0.1, 0.15) is 26.7 Å². The molecule has 1 N–H and O–H groups in total. The van der Waals surface area contributed by atoms with Crippen molar-refractivity contribution in [1.29, 1.82) is 0 Å². The Morgan fingerprint density at radius 3 is 2.50 bits per heavy atom. The smallest absolute Gasteiger partial charge is 0.282 e. The minimum absolute atomic E-state index is 0.0378. The molecule has 0 radical (unpaired) electrons. The fourth-order valence-corrected chi connectivity index (χ4v) is 8.33. The molecule has 1 aliphatic rings. The third kappa shape index (κ3) is 5.46. The Bertz CT molecular complexity index is 2330. The van der Waals surface area contributed by atoms with Crippen LogP contribution in [0.4, 0.5) is 14.5 Å². The molecule has 4 aromatic heterocycles. The maximum Gasteiger partial charge on any atom is 0.282 e. The van der Waals surface area contributed by atoms with E-state index in [2.05, 4.69) is 21.8 Å². The molecular formula is C34H35F2N7O3S2. The van der Waals surface area contributed by atoms with Crippen LogP contribution in [0.5, 0.6) is 0 Å². The van der Waals surface area contributed by atoms with Crippen molar-refractivity contribution in [3.8, 4) is 16.9 Å². The molecule has 5 aromatic rings. The number of rotatable bonds is 6. The number of hydrogen-bond donors (Lipinski definition) is 1. The average molecular weight is 692 g/mol. The van der Waals surface area contributed by atoms with Crippen LogP contribution in [0, 0.1) is 24.3 Å². The number of aromatic amines is 1. The van der Waals surface area contributed by atoms with Crippen LogP contribution in [0.3, 0.4) is 0 Å². The number of aromatic nitrogens is 5. The molecule has 1 amide bonds. The van der Waals surface area contributed by atoms with E-state index >= 15 is 4.39 Å². The molecule has 0 unspecified atom stereocenters. The van der Waals surface area contributed by atoms with E-state index in [0.29, 0.717) is 27.8 Å². The molecule has 10 nitrogen and oxygen atoms in total. The zero-order valence-corrected chi connectivity index (χ0v) is 29.1. The SMILES string of the molecule is C=C(F)C(=O)N1CCN(c2c(S(C)(=O)=O)c(=S)n(-c3c(C)ccnc3C(C)C)c3nc(-c4c(C)ccc5[nH]ncc45)c(F)cc23)[C@@H](C)C1. The molecule has 1 aromatic carbocycles. The number of aryl methyl sites for hydroxylation is 2. The number of halogens is 2. The van der Waals surface area contributed by atoms with E-state index in [-0.39, 0.29) is 57.5 Å². The Morgan fingerprint density at radius 1 is 1.12 bits per heavy atom. The first-order valence-electron chi connectivity index (χ1n) is 15.4. The van der Waals surface area contributed by atoms with Crippen molar-refractivity contribution in [1.82, 2.24) is 29.6 Å². The van der Waals surface area contributed by atoms with E-state index in [4.69, 9.17) is 17.2 Å². The second-order valence-electron chi connectivity index (χ2n) is 12.6. The van der Waals surface area contributed by atoms with Crippen LogP contribution in [0.25, 0.3) is 38.9 Å². The number of anilines is 1. The normalized spacial score (nSPS) is 15.6. The minimum Gasteiger partial charge on any atom is -0.364 e. The third-order valence-electron chi connectivity index (χ3n) is 8.83. The van der Waals surface area contributed by atoms with Gasteiger partial charge in [-0.15, -0.1) is 0 Å². The second kappa shape index (κ2) is 12.2. The zero-order valence-electron chi connectivity index (χ0n) is 27.4. The Hall–Kier alpha value is -4.56. The first kappa shape index (κ1) is 33.3. The third-order valence-corrected chi connectivity index (χ3v) is 10.5.